The molecule has 1 aliphatic heterocycles. The van der Waals surface area contributed by atoms with E-state index in [0.717, 1.165) is 26.1 Å². The molecule has 1 rings (SSSR count). The Balaban J connectivity index is 2.50. The summed E-state index contributed by atoms with van der Waals surface area (Å²) in [5.74, 6) is 0. The first kappa shape index (κ1) is 11.0. The molecular formula is C10H22N2O. The van der Waals surface area contributed by atoms with Gasteiger partial charge < -0.3 is 10.0 Å². The summed E-state index contributed by atoms with van der Waals surface area (Å²) in [7, 11) is 2.16. The lowest BCUT2D eigenvalue weighted by Gasteiger charge is -2.43. The van der Waals surface area contributed by atoms with Gasteiger partial charge in [0.05, 0.1) is 0 Å². The Morgan fingerprint density at radius 3 is 2.62 bits per heavy atom. The van der Waals surface area contributed by atoms with Gasteiger partial charge in [-0.1, -0.05) is 6.92 Å². The minimum atomic E-state index is 0.305. The fraction of sp³-hybridized carbons (Fsp3) is 1.00. The smallest absolute Gasteiger partial charge is 0.0446 e. The first-order valence-electron chi connectivity index (χ1n) is 5.24. The zero-order valence-corrected chi connectivity index (χ0v) is 9.03. The number of hydrogen-bond acceptors (Lipinski definition) is 3. The summed E-state index contributed by atoms with van der Waals surface area (Å²) in [5, 5.41) is 8.94. The average Bonchev–Trinajstić information content (AvgIpc) is 2.13. The summed E-state index contributed by atoms with van der Waals surface area (Å²) in [6, 6.07) is 1.15. The molecule has 0 aromatic rings. The van der Waals surface area contributed by atoms with E-state index in [4.69, 9.17) is 5.11 Å². The summed E-state index contributed by atoms with van der Waals surface area (Å²) in [5.41, 5.74) is 0. The monoisotopic (exact) mass is 186 g/mol. The number of aliphatic hydroxyl groups excluding tert-OH is 1. The average molecular weight is 186 g/mol. The summed E-state index contributed by atoms with van der Waals surface area (Å²) in [6.07, 6.45) is 0.900. The van der Waals surface area contributed by atoms with Gasteiger partial charge in [-0.3, -0.25) is 4.90 Å². The van der Waals surface area contributed by atoms with Gasteiger partial charge in [0.1, 0.15) is 0 Å². The molecule has 2 atom stereocenters. The molecule has 1 aliphatic rings. The normalized spacial score (nSPS) is 32.3. The molecule has 0 saturated carbocycles. The van der Waals surface area contributed by atoms with Crippen molar-refractivity contribution in [1.82, 2.24) is 9.80 Å². The number of aliphatic hydroxyl groups is 1. The minimum Gasteiger partial charge on any atom is -0.396 e. The highest BCUT2D eigenvalue weighted by Crippen LogP contribution is 2.15. The van der Waals surface area contributed by atoms with Crippen LogP contribution in [-0.4, -0.2) is 60.3 Å². The SMILES string of the molecule is CCN1CC(C)N(C)C(CCO)C1. The summed E-state index contributed by atoms with van der Waals surface area (Å²) >= 11 is 0. The second kappa shape index (κ2) is 4.94. The summed E-state index contributed by atoms with van der Waals surface area (Å²) in [4.78, 5) is 4.85. The highest BCUT2D eigenvalue weighted by atomic mass is 16.3. The molecular weight excluding hydrogens is 164 g/mol. The van der Waals surface area contributed by atoms with Gasteiger partial charge >= 0.3 is 0 Å². The molecule has 13 heavy (non-hydrogen) atoms. The van der Waals surface area contributed by atoms with E-state index in [0.29, 0.717) is 18.7 Å². The number of hydrogen-bond donors (Lipinski definition) is 1. The minimum absolute atomic E-state index is 0.305. The van der Waals surface area contributed by atoms with Crippen LogP contribution in [0.2, 0.25) is 0 Å². The van der Waals surface area contributed by atoms with Crippen molar-refractivity contribution in [3.8, 4) is 0 Å². The fourth-order valence-electron chi connectivity index (χ4n) is 2.07. The summed E-state index contributed by atoms with van der Waals surface area (Å²) in [6.45, 7) is 8.16. The van der Waals surface area contributed by atoms with Crippen molar-refractivity contribution in [2.45, 2.75) is 32.4 Å². The predicted octanol–water partition coefficient (Wildman–Crippen LogP) is 0.393. The second-order valence-corrected chi connectivity index (χ2v) is 4.03. The molecule has 1 N–H and O–H groups in total. The quantitative estimate of drug-likeness (QED) is 0.691. The van der Waals surface area contributed by atoms with Crippen LogP contribution in [-0.2, 0) is 0 Å². The molecule has 0 bridgehead atoms. The molecule has 0 amide bonds. The van der Waals surface area contributed by atoms with Crippen molar-refractivity contribution in [2.75, 3.05) is 33.3 Å². The van der Waals surface area contributed by atoms with E-state index >= 15 is 0 Å². The molecule has 3 heteroatoms. The van der Waals surface area contributed by atoms with Crippen molar-refractivity contribution in [2.24, 2.45) is 0 Å². The molecule has 1 heterocycles. The van der Waals surface area contributed by atoms with Crippen molar-refractivity contribution >= 4 is 0 Å². The molecule has 0 spiro atoms. The fourth-order valence-corrected chi connectivity index (χ4v) is 2.07. The van der Waals surface area contributed by atoms with Gasteiger partial charge in [0.15, 0.2) is 0 Å². The molecule has 3 nitrogen and oxygen atoms in total. The Morgan fingerprint density at radius 1 is 1.38 bits per heavy atom. The largest absolute Gasteiger partial charge is 0.396 e. The Labute approximate surface area is 81.3 Å². The van der Waals surface area contributed by atoms with E-state index in [-0.39, 0.29) is 0 Å². The van der Waals surface area contributed by atoms with Crippen LogP contribution in [0.5, 0.6) is 0 Å². The molecule has 0 radical (unpaired) electrons. The standard InChI is InChI=1S/C10H22N2O/c1-4-12-7-9(2)11(3)10(8-12)5-6-13/h9-10,13H,4-8H2,1-3H3. The first-order chi connectivity index (χ1) is 6.19. The van der Waals surface area contributed by atoms with Crippen molar-refractivity contribution in [3.63, 3.8) is 0 Å². The highest BCUT2D eigenvalue weighted by molar-refractivity contribution is 4.84. The van der Waals surface area contributed by atoms with Crippen molar-refractivity contribution in [1.29, 1.82) is 0 Å². The number of piperazine rings is 1. The van der Waals surface area contributed by atoms with Gasteiger partial charge in [-0.2, -0.15) is 0 Å². The molecule has 0 aromatic heterocycles. The van der Waals surface area contributed by atoms with Crippen LogP contribution in [0.3, 0.4) is 0 Å². The van der Waals surface area contributed by atoms with E-state index in [1.807, 2.05) is 0 Å². The lowest BCUT2D eigenvalue weighted by Crippen LogP contribution is -2.56. The van der Waals surface area contributed by atoms with Gasteiger partial charge in [-0.05, 0) is 26.9 Å². The maximum absolute atomic E-state index is 8.94. The number of likely N-dealkylation sites (N-methyl/N-ethyl adjacent to an activating group) is 2. The van der Waals surface area contributed by atoms with Crippen LogP contribution in [0.25, 0.3) is 0 Å². The Bertz CT molecular complexity index is 152. The molecule has 0 aromatic carbocycles. The third-order valence-electron chi connectivity index (χ3n) is 3.17. The maximum atomic E-state index is 8.94. The topological polar surface area (TPSA) is 26.7 Å². The lowest BCUT2D eigenvalue weighted by atomic mass is 10.1. The van der Waals surface area contributed by atoms with Gasteiger partial charge in [-0.15, -0.1) is 0 Å². The van der Waals surface area contributed by atoms with Gasteiger partial charge in [0, 0.05) is 31.8 Å². The van der Waals surface area contributed by atoms with Crippen LogP contribution in [0.1, 0.15) is 20.3 Å². The zero-order chi connectivity index (χ0) is 9.84. The van der Waals surface area contributed by atoms with Gasteiger partial charge in [-0.25, -0.2) is 0 Å². The summed E-state index contributed by atoms with van der Waals surface area (Å²) < 4.78 is 0. The molecule has 0 aliphatic carbocycles. The third kappa shape index (κ3) is 2.66. The van der Waals surface area contributed by atoms with E-state index in [2.05, 4.69) is 30.7 Å². The Kier molecular flexibility index (Phi) is 4.16. The molecule has 1 fully saturated rings. The van der Waals surface area contributed by atoms with Gasteiger partial charge in [0.2, 0.25) is 0 Å². The molecule has 1 saturated heterocycles. The second-order valence-electron chi connectivity index (χ2n) is 4.03. The van der Waals surface area contributed by atoms with Crippen molar-refractivity contribution in [3.05, 3.63) is 0 Å². The Morgan fingerprint density at radius 2 is 2.08 bits per heavy atom. The first-order valence-corrected chi connectivity index (χ1v) is 5.24. The van der Waals surface area contributed by atoms with Crippen LogP contribution in [0.4, 0.5) is 0 Å². The van der Waals surface area contributed by atoms with E-state index in [1.54, 1.807) is 0 Å². The van der Waals surface area contributed by atoms with Gasteiger partial charge in [0.25, 0.3) is 0 Å². The number of rotatable bonds is 3. The third-order valence-corrected chi connectivity index (χ3v) is 3.17. The van der Waals surface area contributed by atoms with Crippen LogP contribution in [0, 0.1) is 0 Å². The van der Waals surface area contributed by atoms with E-state index in [9.17, 15) is 0 Å². The highest BCUT2D eigenvalue weighted by Gasteiger charge is 2.27. The van der Waals surface area contributed by atoms with Crippen molar-refractivity contribution < 1.29 is 5.11 Å². The van der Waals surface area contributed by atoms with E-state index < -0.39 is 0 Å². The maximum Gasteiger partial charge on any atom is 0.0446 e. The lowest BCUT2D eigenvalue weighted by molar-refractivity contribution is 0.0419. The molecule has 78 valence electrons. The van der Waals surface area contributed by atoms with Crippen LogP contribution in [0.15, 0.2) is 0 Å². The zero-order valence-electron chi connectivity index (χ0n) is 9.03. The molecule has 2 unspecified atom stereocenters. The van der Waals surface area contributed by atoms with E-state index in [1.165, 1.54) is 0 Å². The number of nitrogens with zero attached hydrogens (tertiary/aromatic N) is 2. The Hall–Kier alpha value is -0.120. The van der Waals surface area contributed by atoms with Crippen LogP contribution < -0.4 is 0 Å². The van der Waals surface area contributed by atoms with Crippen LogP contribution >= 0.6 is 0 Å². The predicted molar refractivity (Wildman–Crippen MR) is 54.8 cm³/mol.